The molecule has 16 nitrogen and oxygen atoms in total. The summed E-state index contributed by atoms with van der Waals surface area (Å²) >= 11 is 0. The molecule has 0 aliphatic carbocycles. The van der Waals surface area contributed by atoms with Gasteiger partial charge in [-0.1, -0.05) is 141 Å². The minimum absolute atomic E-state index is 0.0225. The molecule has 0 spiro atoms. The smallest absolute Gasteiger partial charge is 0.266 e. The van der Waals surface area contributed by atoms with E-state index in [-0.39, 0.29) is 63.5 Å². The predicted molar refractivity (Wildman–Crippen MR) is 371 cm³/mol. The van der Waals surface area contributed by atoms with Crippen molar-refractivity contribution < 1.29 is 57.7 Å². The van der Waals surface area contributed by atoms with Crippen molar-refractivity contribution in [1.29, 1.82) is 0 Å². The van der Waals surface area contributed by atoms with Gasteiger partial charge in [-0.25, -0.2) is 9.80 Å². The number of hydrogen-bond acceptors (Lipinski definition) is 12. The summed E-state index contributed by atoms with van der Waals surface area (Å²) in [4.78, 5) is 102. The van der Waals surface area contributed by atoms with Gasteiger partial charge < -0.3 is 19.3 Å². The van der Waals surface area contributed by atoms with Gasteiger partial charge in [-0.3, -0.25) is 48.2 Å². The van der Waals surface area contributed by atoms with Crippen LogP contribution in [0.3, 0.4) is 0 Å². The van der Waals surface area contributed by atoms with Crippen molar-refractivity contribution in [1.82, 2.24) is 9.80 Å². The van der Waals surface area contributed by atoms with Crippen molar-refractivity contribution in [2.45, 2.75) is 66.2 Å². The number of methoxy groups -OCH3 is 1. The number of phenols is 1. The maximum Gasteiger partial charge on any atom is 0.266 e. The van der Waals surface area contributed by atoms with E-state index in [0.717, 1.165) is 25.8 Å². The molecule has 0 fully saturated rings. The lowest BCUT2D eigenvalue weighted by Gasteiger charge is -2.26. The number of imide groups is 4. The van der Waals surface area contributed by atoms with E-state index < -0.39 is 5.91 Å². The van der Waals surface area contributed by atoms with Gasteiger partial charge in [-0.2, -0.15) is 0 Å². The lowest BCUT2D eigenvalue weighted by Crippen LogP contribution is -2.29. The molecule has 10 aromatic rings. The number of nitrogens with zero attached hydrogens (tertiary/aromatic N) is 4. The van der Waals surface area contributed by atoms with E-state index in [0.29, 0.717) is 79.1 Å². The molecule has 97 heavy (non-hydrogen) atoms. The fourth-order valence-corrected chi connectivity index (χ4v) is 11.7. The molecular weight excluding hydrogens is 1220 g/mol. The quantitative estimate of drug-likeness (QED) is 0.120. The van der Waals surface area contributed by atoms with Crippen molar-refractivity contribution in [3.8, 4) is 34.5 Å². The highest BCUT2D eigenvalue weighted by atomic mass is 16.5. The second kappa shape index (κ2) is 26.8. The lowest BCUT2D eigenvalue weighted by atomic mass is 9.78. The van der Waals surface area contributed by atoms with Crippen LogP contribution in [0, 0.1) is 27.7 Å². The monoisotopic (exact) mass is 1290 g/mol. The van der Waals surface area contributed by atoms with Crippen LogP contribution in [0.4, 0.5) is 11.4 Å². The van der Waals surface area contributed by atoms with Crippen LogP contribution in [0.1, 0.15) is 155 Å². The van der Waals surface area contributed by atoms with Crippen molar-refractivity contribution in [2.75, 3.05) is 31.0 Å². The number of hydrogen-bond donors (Lipinski definition) is 1. The zero-order valence-electron chi connectivity index (χ0n) is 55.5. The number of phenolic OH excluding ortho intramolecular Hbond substituents is 1. The van der Waals surface area contributed by atoms with Gasteiger partial charge in [0.05, 0.1) is 63.0 Å². The lowest BCUT2D eigenvalue weighted by molar-refractivity contribution is 0.0677. The van der Waals surface area contributed by atoms with E-state index >= 15 is 0 Å². The summed E-state index contributed by atoms with van der Waals surface area (Å²) in [6.45, 7) is 16.8. The van der Waals surface area contributed by atoms with Crippen LogP contribution in [0.5, 0.6) is 34.5 Å². The van der Waals surface area contributed by atoms with Crippen molar-refractivity contribution in [2.24, 2.45) is 0 Å². The zero-order valence-corrected chi connectivity index (χ0v) is 55.5. The molecule has 14 rings (SSSR count). The first-order valence-electron chi connectivity index (χ1n) is 31.3. The first kappa shape index (κ1) is 66.4. The molecule has 0 atom stereocenters. The van der Waals surface area contributed by atoms with Gasteiger partial charge in [-0.05, 0) is 177 Å². The normalized spacial score (nSPS) is 13.6. The van der Waals surface area contributed by atoms with Gasteiger partial charge in [0, 0.05) is 24.9 Å². The Morgan fingerprint density at radius 2 is 0.608 bits per heavy atom. The average Bonchev–Trinajstić information content (AvgIpc) is 1.68. The van der Waals surface area contributed by atoms with Gasteiger partial charge in [0.2, 0.25) is 0 Å². The predicted octanol–water partition coefficient (Wildman–Crippen LogP) is 16.0. The van der Waals surface area contributed by atoms with E-state index in [1.165, 1.54) is 77.7 Å². The van der Waals surface area contributed by atoms with Crippen LogP contribution in [0.2, 0.25) is 0 Å². The van der Waals surface area contributed by atoms with Gasteiger partial charge in [0.1, 0.15) is 34.5 Å². The minimum atomic E-state index is -0.403. The third-order valence-corrected chi connectivity index (χ3v) is 17.8. The first-order chi connectivity index (χ1) is 46.2. The number of fused-ring (bicyclic) bond motifs is 4. The van der Waals surface area contributed by atoms with Gasteiger partial charge in [0.25, 0.3) is 47.3 Å². The number of carbonyl (C=O) groups excluding carboxylic acids is 8. The summed E-state index contributed by atoms with van der Waals surface area (Å²) in [5, 5.41) is 9.41. The molecule has 1 N–H and O–H groups in total. The van der Waals surface area contributed by atoms with E-state index in [1.54, 1.807) is 72.8 Å². The second-order valence-corrected chi connectivity index (χ2v) is 25.2. The number of aromatic hydroxyl groups is 1. The molecule has 486 valence electrons. The Balaban J connectivity index is 0.000000133. The van der Waals surface area contributed by atoms with E-state index in [1.807, 2.05) is 68.4 Å². The summed E-state index contributed by atoms with van der Waals surface area (Å²) < 4.78 is 17.0. The molecule has 4 aliphatic heterocycles. The number of amides is 8. The zero-order chi connectivity index (χ0) is 69.4. The summed E-state index contributed by atoms with van der Waals surface area (Å²) in [5.74, 6) is 0.446. The highest BCUT2D eigenvalue weighted by molar-refractivity contribution is 6.35. The van der Waals surface area contributed by atoms with Crippen molar-refractivity contribution in [3.05, 3.63) is 307 Å². The molecule has 0 saturated heterocycles. The van der Waals surface area contributed by atoms with Crippen LogP contribution in [0.15, 0.2) is 218 Å². The van der Waals surface area contributed by atoms with Crippen molar-refractivity contribution in [3.63, 3.8) is 0 Å². The molecule has 0 radical (unpaired) electrons. The largest absolute Gasteiger partial charge is 0.508 e. The highest BCUT2D eigenvalue weighted by Crippen LogP contribution is 2.38. The van der Waals surface area contributed by atoms with E-state index in [9.17, 15) is 43.5 Å². The molecule has 4 heterocycles. The third-order valence-electron chi connectivity index (χ3n) is 17.8. The molecular formula is C81H70N4O12. The van der Waals surface area contributed by atoms with Gasteiger partial charge in [-0.15, -0.1) is 0 Å². The maximum absolute atomic E-state index is 12.4. The summed E-state index contributed by atoms with van der Waals surface area (Å²) in [7, 11) is 4.50. The average molecular weight is 1290 g/mol. The van der Waals surface area contributed by atoms with E-state index in [2.05, 4.69) is 114 Å². The topological polar surface area (TPSA) is 197 Å². The standard InChI is InChI=1S/2C25H23NO3.C16H13NO3.C15H11NO3/c2*1-16-5-7-17(8-6-16)25(2,3)18-9-11-19(12-10-18)29-20-13-14-21-22(15-20)24(28)26(4)23(21)27;1-10-4-3-5-11(8-10)17-15(18)13-7-6-12(20-2)9-14(13)16(17)19;1-9-2-4-10(5-3-9)16-14(18)12-7-6-11(17)8-13(12)15(16)19/h2*5-15H,1-4H3;3-9H,1-2H3;2-8,17H,1H3. The molecule has 4 aliphatic rings. The molecule has 0 saturated carbocycles. The third kappa shape index (κ3) is 13.3. The number of aryl methyl sites for hydroxylation is 4. The summed E-state index contributed by atoms with van der Waals surface area (Å²) in [6.07, 6.45) is 0. The van der Waals surface area contributed by atoms with Crippen LogP contribution in [0.25, 0.3) is 0 Å². The summed E-state index contributed by atoms with van der Waals surface area (Å²) in [6, 6.07) is 66.7. The molecule has 10 aromatic carbocycles. The fraction of sp³-hybridized carbons (Fsp3) is 0.160. The van der Waals surface area contributed by atoms with Crippen LogP contribution in [-0.4, -0.2) is 83.4 Å². The van der Waals surface area contributed by atoms with Gasteiger partial charge >= 0.3 is 0 Å². The minimum Gasteiger partial charge on any atom is -0.508 e. The van der Waals surface area contributed by atoms with Crippen LogP contribution >= 0.6 is 0 Å². The SMILES string of the molecule is COc1ccc2c(c1)C(=O)N(c1cccc(C)c1)C2=O.Cc1ccc(C(C)(C)c2ccc(Oc3ccc4c(c3)C(=O)N(C)C4=O)cc2)cc1.Cc1ccc(C(C)(C)c2ccc(Oc3ccc4c(c3)C(=O)N(C)C4=O)cc2)cc1.Cc1ccc(N2C(=O)c3ccc(O)cc3C2=O)cc1. The first-order valence-corrected chi connectivity index (χ1v) is 31.3. The Hall–Kier alpha value is -12.0. The highest BCUT2D eigenvalue weighted by Gasteiger charge is 2.39. The number of benzene rings is 10. The van der Waals surface area contributed by atoms with Crippen LogP contribution < -0.4 is 24.0 Å². The Bertz CT molecular complexity index is 4630. The Labute approximate surface area is 562 Å². The molecule has 0 unspecified atom stereocenters. The Morgan fingerprint density at radius 1 is 0.299 bits per heavy atom. The number of rotatable bonds is 11. The van der Waals surface area contributed by atoms with Crippen LogP contribution in [-0.2, 0) is 10.8 Å². The van der Waals surface area contributed by atoms with E-state index in [4.69, 9.17) is 14.2 Å². The summed E-state index contributed by atoms with van der Waals surface area (Å²) in [5.41, 5.74) is 13.3. The maximum atomic E-state index is 12.4. The number of anilines is 2. The van der Waals surface area contributed by atoms with Crippen molar-refractivity contribution >= 4 is 58.6 Å². The Morgan fingerprint density at radius 3 is 1.02 bits per heavy atom. The Kier molecular flexibility index (Phi) is 18.3. The van der Waals surface area contributed by atoms with Gasteiger partial charge in [0.15, 0.2) is 0 Å². The molecule has 16 heteroatoms. The second-order valence-electron chi connectivity index (χ2n) is 25.2. The fourth-order valence-electron chi connectivity index (χ4n) is 11.7. The number of carbonyl (C=O) groups is 8. The molecule has 0 bridgehead atoms. The number of ether oxygens (including phenoxy) is 3. The molecule has 0 aromatic heterocycles. The molecule has 8 amide bonds.